The summed E-state index contributed by atoms with van der Waals surface area (Å²) in [6.45, 7) is 0. The highest BCUT2D eigenvalue weighted by atomic mass is 79.9. The van der Waals surface area contributed by atoms with Crippen LogP contribution in [0, 0.1) is 0 Å². The number of halogens is 2. The molecule has 0 radical (unpaired) electrons. The number of benzene rings is 2. The molecule has 132 valence electrons. The topological polar surface area (TPSA) is 68.5 Å². The van der Waals surface area contributed by atoms with E-state index in [1.807, 2.05) is 36.4 Å². The van der Waals surface area contributed by atoms with Gasteiger partial charge in [0.25, 0.3) is 5.56 Å². The van der Waals surface area contributed by atoms with Crippen molar-refractivity contribution in [2.75, 3.05) is 12.5 Å². The Morgan fingerprint density at radius 3 is 2.77 bits per heavy atom. The zero-order valence-corrected chi connectivity index (χ0v) is 16.0. The summed E-state index contributed by atoms with van der Waals surface area (Å²) in [5.74, 6) is 0.669. The van der Waals surface area contributed by atoms with Crippen LogP contribution < -0.4 is 15.7 Å². The molecule has 0 saturated carbocycles. The van der Waals surface area contributed by atoms with Gasteiger partial charge in [0.05, 0.1) is 25.2 Å². The van der Waals surface area contributed by atoms with Crippen LogP contribution in [-0.2, 0) is 0 Å². The minimum absolute atomic E-state index is 0.00205. The predicted octanol–water partition coefficient (Wildman–Crippen LogP) is 4.10. The van der Waals surface area contributed by atoms with Crippen molar-refractivity contribution in [1.29, 1.82) is 0 Å². The molecule has 0 saturated heterocycles. The number of rotatable bonds is 5. The molecule has 1 N–H and O–H groups in total. The second-order valence-electron chi connectivity index (χ2n) is 5.18. The second kappa shape index (κ2) is 8.16. The van der Waals surface area contributed by atoms with Crippen LogP contribution in [0.5, 0.6) is 5.75 Å². The first kappa shape index (κ1) is 18.2. The minimum atomic E-state index is -0.432. The van der Waals surface area contributed by atoms with E-state index in [2.05, 4.69) is 31.6 Å². The van der Waals surface area contributed by atoms with Crippen LogP contribution in [0.2, 0.25) is 5.02 Å². The molecule has 0 spiro atoms. The summed E-state index contributed by atoms with van der Waals surface area (Å²) < 4.78 is 7.40. The Balaban J connectivity index is 1.85. The molecule has 3 aromatic rings. The number of hydrogen-bond acceptors (Lipinski definition) is 5. The van der Waals surface area contributed by atoms with E-state index < -0.39 is 5.56 Å². The van der Waals surface area contributed by atoms with Gasteiger partial charge < -0.3 is 4.74 Å². The van der Waals surface area contributed by atoms with Gasteiger partial charge in [-0.05, 0) is 30.3 Å². The molecule has 2 aromatic carbocycles. The molecule has 6 nitrogen and oxygen atoms in total. The van der Waals surface area contributed by atoms with E-state index in [1.54, 1.807) is 25.5 Å². The molecule has 0 aliphatic carbocycles. The number of para-hydroxylation sites is 1. The summed E-state index contributed by atoms with van der Waals surface area (Å²) in [5.41, 5.74) is 4.02. The maximum atomic E-state index is 12.4. The number of ether oxygens (including phenoxy) is 1. The Hall–Kier alpha value is -2.64. The fraction of sp³-hybridized carbons (Fsp3) is 0.0556. The first-order chi connectivity index (χ1) is 12.6. The normalized spacial score (nSPS) is 10.9. The summed E-state index contributed by atoms with van der Waals surface area (Å²) in [7, 11) is 1.58. The molecule has 0 aliphatic heterocycles. The first-order valence-corrected chi connectivity index (χ1v) is 8.73. The first-order valence-electron chi connectivity index (χ1n) is 7.56. The van der Waals surface area contributed by atoms with Crippen molar-refractivity contribution in [3.05, 3.63) is 80.1 Å². The zero-order chi connectivity index (χ0) is 18.5. The molecule has 0 amide bonds. The van der Waals surface area contributed by atoms with Gasteiger partial charge in [-0.3, -0.25) is 10.2 Å². The zero-order valence-electron chi connectivity index (χ0n) is 13.7. The lowest BCUT2D eigenvalue weighted by molar-refractivity contribution is 0.414. The van der Waals surface area contributed by atoms with E-state index in [9.17, 15) is 4.79 Å². The second-order valence-corrected chi connectivity index (χ2v) is 6.47. The highest BCUT2D eigenvalue weighted by Crippen LogP contribution is 2.22. The maximum Gasteiger partial charge on any atom is 0.292 e. The molecule has 8 heteroatoms. The van der Waals surface area contributed by atoms with Gasteiger partial charge in [-0.1, -0.05) is 45.7 Å². The monoisotopic (exact) mass is 432 g/mol. The van der Waals surface area contributed by atoms with Crippen molar-refractivity contribution in [3.8, 4) is 11.4 Å². The van der Waals surface area contributed by atoms with Crippen molar-refractivity contribution in [3.63, 3.8) is 0 Å². The third-order valence-electron chi connectivity index (χ3n) is 3.50. The largest absolute Gasteiger partial charge is 0.496 e. The molecule has 26 heavy (non-hydrogen) atoms. The van der Waals surface area contributed by atoms with Crippen LogP contribution in [0.4, 0.5) is 5.69 Å². The molecule has 0 unspecified atom stereocenters. The van der Waals surface area contributed by atoms with Crippen molar-refractivity contribution in [2.45, 2.75) is 0 Å². The molecule has 3 rings (SSSR count). The lowest BCUT2D eigenvalue weighted by Crippen LogP contribution is -2.22. The summed E-state index contributed by atoms with van der Waals surface area (Å²) in [4.78, 5) is 12.4. The summed E-state index contributed by atoms with van der Waals surface area (Å²) in [5, 5.41) is 8.25. The van der Waals surface area contributed by atoms with Crippen LogP contribution in [0.1, 0.15) is 5.56 Å². The summed E-state index contributed by atoms with van der Waals surface area (Å²) in [6.07, 6.45) is 3.02. The van der Waals surface area contributed by atoms with Gasteiger partial charge in [-0.25, -0.2) is 0 Å². The van der Waals surface area contributed by atoms with E-state index >= 15 is 0 Å². The van der Waals surface area contributed by atoms with E-state index in [-0.39, 0.29) is 5.02 Å². The Kier molecular flexibility index (Phi) is 5.70. The van der Waals surface area contributed by atoms with Crippen molar-refractivity contribution in [2.24, 2.45) is 5.10 Å². The Morgan fingerprint density at radius 1 is 1.27 bits per heavy atom. The number of methoxy groups -OCH3 is 1. The standard InChI is InChI=1S/C18H14BrClN4O2/c1-26-16-8-7-13(19)9-12(16)10-21-23-15-11-22-24(18(25)17(15)20)14-5-3-2-4-6-14/h2-11,23H,1H3/b21-10-. The minimum Gasteiger partial charge on any atom is -0.496 e. The smallest absolute Gasteiger partial charge is 0.292 e. The Bertz CT molecular complexity index is 1010. The quantitative estimate of drug-likeness (QED) is 0.486. The van der Waals surface area contributed by atoms with Gasteiger partial charge in [0, 0.05) is 10.0 Å². The van der Waals surface area contributed by atoms with Crippen molar-refractivity contribution < 1.29 is 4.74 Å². The molecular weight excluding hydrogens is 420 g/mol. The summed E-state index contributed by atoms with van der Waals surface area (Å²) in [6, 6.07) is 14.6. The Morgan fingerprint density at radius 2 is 2.04 bits per heavy atom. The van der Waals surface area contributed by atoms with Crippen LogP contribution in [0.25, 0.3) is 5.69 Å². The van der Waals surface area contributed by atoms with Crippen LogP contribution >= 0.6 is 27.5 Å². The lowest BCUT2D eigenvalue weighted by atomic mass is 10.2. The molecule has 0 bridgehead atoms. The Labute approximate surface area is 163 Å². The number of hydrogen-bond donors (Lipinski definition) is 1. The maximum absolute atomic E-state index is 12.4. The highest BCUT2D eigenvalue weighted by Gasteiger charge is 2.10. The van der Waals surface area contributed by atoms with Gasteiger partial charge in [-0.15, -0.1) is 0 Å². The van der Waals surface area contributed by atoms with Crippen LogP contribution in [-0.4, -0.2) is 23.1 Å². The molecule has 0 atom stereocenters. The molecule has 1 aromatic heterocycles. The van der Waals surface area contributed by atoms with Gasteiger partial charge in [0.15, 0.2) is 0 Å². The van der Waals surface area contributed by atoms with Crippen molar-refractivity contribution in [1.82, 2.24) is 9.78 Å². The number of nitrogens with one attached hydrogen (secondary N) is 1. The average Bonchev–Trinajstić information content (AvgIpc) is 2.66. The fourth-order valence-electron chi connectivity index (χ4n) is 2.24. The lowest BCUT2D eigenvalue weighted by Gasteiger charge is -2.08. The van der Waals surface area contributed by atoms with Gasteiger partial charge in [0.1, 0.15) is 16.5 Å². The molecule has 0 aliphatic rings. The molecular formula is C18H14BrClN4O2. The van der Waals surface area contributed by atoms with Crippen molar-refractivity contribution >= 4 is 39.4 Å². The summed E-state index contributed by atoms with van der Waals surface area (Å²) >= 11 is 9.57. The third-order valence-corrected chi connectivity index (χ3v) is 4.36. The number of hydrazone groups is 1. The number of aromatic nitrogens is 2. The van der Waals surface area contributed by atoms with Gasteiger partial charge >= 0.3 is 0 Å². The van der Waals surface area contributed by atoms with E-state index in [1.165, 1.54) is 10.9 Å². The van der Waals surface area contributed by atoms with E-state index in [0.29, 0.717) is 17.1 Å². The highest BCUT2D eigenvalue weighted by molar-refractivity contribution is 9.10. The number of anilines is 1. The molecule has 1 heterocycles. The van der Waals surface area contributed by atoms with E-state index in [0.717, 1.165) is 10.0 Å². The number of nitrogens with zero attached hydrogens (tertiary/aromatic N) is 3. The van der Waals surface area contributed by atoms with Gasteiger partial charge in [0.2, 0.25) is 0 Å². The van der Waals surface area contributed by atoms with Gasteiger partial charge in [-0.2, -0.15) is 14.9 Å². The van der Waals surface area contributed by atoms with E-state index in [4.69, 9.17) is 16.3 Å². The fourth-order valence-corrected chi connectivity index (χ4v) is 2.79. The van der Waals surface area contributed by atoms with Crippen LogP contribution in [0.15, 0.2) is 69.1 Å². The predicted molar refractivity (Wildman–Crippen MR) is 107 cm³/mol. The average molecular weight is 434 g/mol. The van der Waals surface area contributed by atoms with Crippen LogP contribution in [0.3, 0.4) is 0 Å². The SMILES string of the molecule is COc1ccc(Br)cc1/C=N\Nc1cnn(-c2ccccc2)c(=O)c1Cl. The third kappa shape index (κ3) is 3.95. The molecule has 0 fully saturated rings.